The summed E-state index contributed by atoms with van der Waals surface area (Å²) in [6, 6.07) is 4.21. The highest BCUT2D eigenvalue weighted by Crippen LogP contribution is 2.23. The number of amides is 1. The molecule has 1 atom stereocenters. The number of ether oxygens (including phenoxy) is 1. The summed E-state index contributed by atoms with van der Waals surface area (Å²) >= 11 is 1.67. The lowest BCUT2D eigenvalue weighted by atomic mass is 9.99. The highest BCUT2D eigenvalue weighted by atomic mass is 32.1. The van der Waals surface area contributed by atoms with Gasteiger partial charge in [0.25, 0.3) is 0 Å². The van der Waals surface area contributed by atoms with E-state index < -0.39 is 0 Å². The van der Waals surface area contributed by atoms with Crippen LogP contribution in [0.15, 0.2) is 22.9 Å². The Kier molecular flexibility index (Phi) is 5.13. The maximum Gasteiger partial charge on any atom is 0.223 e. The molecule has 1 amide bonds. The Morgan fingerprint density at radius 1 is 1.48 bits per heavy atom. The van der Waals surface area contributed by atoms with E-state index in [0.29, 0.717) is 19.8 Å². The van der Waals surface area contributed by atoms with Crippen LogP contribution < -0.4 is 5.32 Å². The van der Waals surface area contributed by atoms with Crippen LogP contribution in [-0.2, 0) is 9.53 Å². The molecule has 1 N–H and O–H groups in total. The molecule has 3 heterocycles. The van der Waals surface area contributed by atoms with Gasteiger partial charge >= 0.3 is 0 Å². The van der Waals surface area contributed by atoms with Gasteiger partial charge in [-0.25, -0.2) is 0 Å². The highest BCUT2D eigenvalue weighted by Gasteiger charge is 2.24. The molecule has 2 aromatic rings. The van der Waals surface area contributed by atoms with E-state index >= 15 is 0 Å². The maximum absolute atomic E-state index is 12.4. The Hall–Kier alpha value is -1.66. The number of aromatic nitrogens is 2. The van der Waals surface area contributed by atoms with Gasteiger partial charge in [-0.15, -0.1) is 0 Å². The van der Waals surface area contributed by atoms with Gasteiger partial charge in [0, 0.05) is 31.4 Å². The Balaban J connectivity index is 1.72. The molecule has 0 spiro atoms. The van der Waals surface area contributed by atoms with Crippen LogP contribution in [0.25, 0.3) is 0 Å². The number of thiophene rings is 1. The summed E-state index contributed by atoms with van der Waals surface area (Å²) in [5.41, 5.74) is 3.30. The lowest BCUT2D eigenvalue weighted by molar-refractivity contribution is -0.127. The van der Waals surface area contributed by atoms with Crippen LogP contribution in [0.1, 0.15) is 35.8 Å². The Labute approximate surface area is 140 Å². The summed E-state index contributed by atoms with van der Waals surface area (Å²) < 4.78 is 7.34. The standard InChI is InChI=1S/C17H23N3O2S/c1-12-9-13(2)20(19-12)16(15-5-8-23-11-15)10-18-17(21)14-3-6-22-7-4-14/h5,8-9,11,14,16H,3-4,6-7,10H2,1-2H3,(H,18,21)/t16-/m0/s1. The van der Waals surface area contributed by atoms with Crippen molar-refractivity contribution in [2.75, 3.05) is 19.8 Å². The SMILES string of the molecule is Cc1cc(C)n([C@@H](CNC(=O)C2CCOCC2)c2ccsc2)n1. The number of carbonyl (C=O) groups excluding carboxylic acids is 1. The zero-order chi connectivity index (χ0) is 16.2. The van der Waals surface area contributed by atoms with Gasteiger partial charge in [0.1, 0.15) is 0 Å². The first-order chi connectivity index (χ1) is 11.1. The van der Waals surface area contributed by atoms with Crippen molar-refractivity contribution in [3.8, 4) is 0 Å². The zero-order valence-corrected chi connectivity index (χ0v) is 14.4. The van der Waals surface area contributed by atoms with E-state index in [1.807, 2.05) is 11.6 Å². The van der Waals surface area contributed by atoms with Crippen LogP contribution in [0.2, 0.25) is 0 Å². The second kappa shape index (κ2) is 7.27. The number of aryl methyl sites for hydroxylation is 2. The van der Waals surface area contributed by atoms with Gasteiger partial charge in [-0.1, -0.05) is 0 Å². The topological polar surface area (TPSA) is 56.2 Å². The molecule has 0 radical (unpaired) electrons. The fourth-order valence-corrected chi connectivity index (χ4v) is 3.78. The molecule has 0 bridgehead atoms. The molecule has 0 aliphatic carbocycles. The molecular formula is C17H23N3O2S. The zero-order valence-electron chi connectivity index (χ0n) is 13.6. The minimum atomic E-state index is 0.0405. The second-order valence-electron chi connectivity index (χ2n) is 6.08. The van der Waals surface area contributed by atoms with E-state index in [1.165, 1.54) is 5.56 Å². The van der Waals surface area contributed by atoms with Crippen molar-refractivity contribution in [3.63, 3.8) is 0 Å². The van der Waals surface area contributed by atoms with Gasteiger partial charge in [-0.05, 0) is 55.1 Å². The Bertz CT molecular complexity index is 645. The number of nitrogens with zero attached hydrogens (tertiary/aromatic N) is 2. The van der Waals surface area contributed by atoms with Crippen molar-refractivity contribution in [2.45, 2.75) is 32.7 Å². The minimum Gasteiger partial charge on any atom is -0.381 e. The van der Waals surface area contributed by atoms with Crippen molar-refractivity contribution in [3.05, 3.63) is 39.8 Å². The molecule has 1 fully saturated rings. The van der Waals surface area contributed by atoms with E-state index in [2.05, 4.69) is 40.2 Å². The Morgan fingerprint density at radius 2 is 2.26 bits per heavy atom. The van der Waals surface area contributed by atoms with Crippen LogP contribution in [-0.4, -0.2) is 35.4 Å². The van der Waals surface area contributed by atoms with Crippen molar-refractivity contribution >= 4 is 17.2 Å². The monoisotopic (exact) mass is 333 g/mol. The fourth-order valence-electron chi connectivity index (χ4n) is 3.07. The van der Waals surface area contributed by atoms with E-state index in [4.69, 9.17) is 4.74 Å². The molecule has 6 heteroatoms. The van der Waals surface area contributed by atoms with Crippen molar-refractivity contribution in [1.29, 1.82) is 0 Å². The largest absolute Gasteiger partial charge is 0.381 e. The molecule has 1 saturated heterocycles. The molecule has 5 nitrogen and oxygen atoms in total. The van der Waals surface area contributed by atoms with Crippen LogP contribution >= 0.6 is 11.3 Å². The number of nitrogens with one attached hydrogen (secondary N) is 1. The fraction of sp³-hybridized carbons (Fsp3) is 0.529. The summed E-state index contributed by atoms with van der Waals surface area (Å²) in [5, 5.41) is 11.9. The Morgan fingerprint density at radius 3 is 2.87 bits per heavy atom. The van der Waals surface area contributed by atoms with Gasteiger partial charge in [0.15, 0.2) is 0 Å². The average Bonchev–Trinajstić information content (AvgIpc) is 3.19. The van der Waals surface area contributed by atoms with Gasteiger partial charge in [0.05, 0.1) is 11.7 Å². The second-order valence-corrected chi connectivity index (χ2v) is 6.86. The quantitative estimate of drug-likeness (QED) is 0.915. The molecule has 124 valence electrons. The molecule has 2 aromatic heterocycles. The number of rotatable bonds is 5. The summed E-state index contributed by atoms with van der Waals surface area (Å²) in [5.74, 6) is 0.211. The molecule has 0 unspecified atom stereocenters. The van der Waals surface area contributed by atoms with Crippen LogP contribution in [0.5, 0.6) is 0 Å². The molecule has 0 saturated carbocycles. The third-order valence-corrected chi connectivity index (χ3v) is 5.03. The summed E-state index contributed by atoms with van der Waals surface area (Å²) in [6.07, 6.45) is 1.63. The number of carbonyl (C=O) groups is 1. The molecule has 3 rings (SSSR count). The number of hydrogen-bond acceptors (Lipinski definition) is 4. The molecule has 23 heavy (non-hydrogen) atoms. The third-order valence-electron chi connectivity index (χ3n) is 4.33. The van der Waals surface area contributed by atoms with Gasteiger partial charge < -0.3 is 10.1 Å². The predicted molar refractivity (Wildman–Crippen MR) is 90.7 cm³/mol. The normalized spacial score (nSPS) is 17.1. The van der Waals surface area contributed by atoms with Crippen molar-refractivity contribution < 1.29 is 9.53 Å². The van der Waals surface area contributed by atoms with Crippen molar-refractivity contribution in [1.82, 2.24) is 15.1 Å². The van der Waals surface area contributed by atoms with Gasteiger partial charge in [0.2, 0.25) is 5.91 Å². The lowest BCUT2D eigenvalue weighted by Gasteiger charge is -2.24. The molecular weight excluding hydrogens is 310 g/mol. The minimum absolute atomic E-state index is 0.0405. The van der Waals surface area contributed by atoms with E-state index in [-0.39, 0.29) is 17.9 Å². The smallest absolute Gasteiger partial charge is 0.223 e. The third kappa shape index (κ3) is 3.82. The lowest BCUT2D eigenvalue weighted by Crippen LogP contribution is -2.38. The van der Waals surface area contributed by atoms with E-state index in [9.17, 15) is 4.79 Å². The highest BCUT2D eigenvalue weighted by molar-refractivity contribution is 7.07. The first-order valence-corrected chi connectivity index (χ1v) is 8.99. The molecule has 1 aliphatic rings. The molecule has 1 aliphatic heterocycles. The molecule has 0 aromatic carbocycles. The predicted octanol–water partition coefficient (Wildman–Crippen LogP) is 2.69. The average molecular weight is 333 g/mol. The summed E-state index contributed by atoms with van der Waals surface area (Å²) in [4.78, 5) is 12.4. The van der Waals surface area contributed by atoms with Gasteiger partial charge in [-0.3, -0.25) is 9.48 Å². The summed E-state index contributed by atoms with van der Waals surface area (Å²) in [7, 11) is 0. The van der Waals surface area contributed by atoms with Crippen LogP contribution in [0.3, 0.4) is 0 Å². The van der Waals surface area contributed by atoms with Gasteiger partial charge in [-0.2, -0.15) is 16.4 Å². The maximum atomic E-state index is 12.4. The van der Waals surface area contributed by atoms with E-state index in [1.54, 1.807) is 11.3 Å². The number of hydrogen-bond donors (Lipinski definition) is 1. The first-order valence-electron chi connectivity index (χ1n) is 8.05. The van der Waals surface area contributed by atoms with Crippen molar-refractivity contribution in [2.24, 2.45) is 5.92 Å². The van der Waals surface area contributed by atoms with Crippen LogP contribution in [0.4, 0.5) is 0 Å². The summed E-state index contributed by atoms with van der Waals surface area (Å²) in [6.45, 7) is 5.98. The van der Waals surface area contributed by atoms with E-state index in [0.717, 1.165) is 24.2 Å². The first kappa shape index (κ1) is 16.2. The van der Waals surface area contributed by atoms with Crippen LogP contribution in [0, 0.1) is 19.8 Å².